The summed E-state index contributed by atoms with van der Waals surface area (Å²) in [4.78, 5) is 0.880. The number of nitrogens with zero attached hydrogens (tertiary/aromatic N) is 4. The molecule has 0 radical (unpaired) electrons. The Morgan fingerprint density at radius 1 is 1.12 bits per heavy atom. The summed E-state index contributed by atoms with van der Waals surface area (Å²) in [5.41, 5.74) is 1.34. The largest absolute Gasteiger partial charge is 0.234 e. The lowest BCUT2D eigenvalue weighted by atomic mass is 10.1. The van der Waals surface area contributed by atoms with Crippen LogP contribution in [0.15, 0.2) is 30.3 Å². The van der Waals surface area contributed by atoms with E-state index < -0.39 is 0 Å². The summed E-state index contributed by atoms with van der Waals surface area (Å²) in [5, 5.41) is 13.6. The third-order valence-electron chi connectivity index (χ3n) is 2.66. The average Bonchev–Trinajstić information content (AvgIpc) is 2.91. The molecule has 0 amide bonds. The predicted molar refractivity (Wildman–Crippen MR) is 67.2 cm³/mol. The van der Waals surface area contributed by atoms with Gasteiger partial charge in [0.25, 0.3) is 0 Å². The van der Waals surface area contributed by atoms with E-state index in [9.17, 15) is 0 Å². The molecule has 86 valence electrons. The summed E-state index contributed by atoms with van der Waals surface area (Å²) >= 11 is 1.62. The van der Waals surface area contributed by atoms with Crippen molar-refractivity contribution in [2.75, 3.05) is 0 Å². The number of aryl methyl sites for hydroxylation is 3. The summed E-state index contributed by atoms with van der Waals surface area (Å²) in [5.74, 6) is 0.849. The molecule has 0 unspecified atom stereocenters. The molecule has 17 heavy (non-hydrogen) atoms. The molecule has 0 aliphatic heterocycles. The van der Waals surface area contributed by atoms with Crippen molar-refractivity contribution in [2.24, 2.45) is 0 Å². The highest BCUT2D eigenvalue weighted by molar-refractivity contribution is 7.16. The molecule has 0 fully saturated rings. The first-order valence-electron chi connectivity index (χ1n) is 5.54. The lowest BCUT2D eigenvalue weighted by Gasteiger charge is -1.97. The molecule has 0 spiro atoms. The summed E-state index contributed by atoms with van der Waals surface area (Å²) in [6, 6.07) is 10.5. The van der Waals surface area contributed by atoms with Crippen molar-refractivity contribution in [2.45, 2.75) is 19.8 Å². The standard InChI is InChI=1S/C12H12N4S/c1-9-13-14-12-16(9)15-11(17-12)8-7-10-5-3-2-4-6-10/h2-6H,7-8H2,1H3. The minimum atomic E-state index is 0.849. The van der Waals surface area contributed by atoms with Crippen molar-refractivity contribution < 1.29 is 0 Å². The van der Waals surface area contributed by atoms with Crippen LogP contribution in [-0.4, -0.2) is 19.8 Å². The third-order valence-corrected chi connectivity index (χ3v) is 3.62. The number of aromatic nitrogens is 4. The first-order chi connectivity index (χ1) is 8.33. The summed E-state index contributed by atoms with van der Waals surface area (Å²) in [7, 11) is 0. The molecule has 2 heterocycles. The molecule has 0 N–H and O–H groups in total. The van der Waals surface area contributed by atoms with Gasteiger partial charge in [-0.2, -0.15) is 9.61 Å². The SMILES string of the molecule is Cc1nnc2sc(CCc3ccccc3)nn12. The molecule has 0 aliphatic carbocycles. The van der Waals surface area contributed by atoms with E-state index >= 15 is 0 Å². The van der Waals surface area contributed by atoms with E-state index in [1.165, 1.54) is 5.56 Å². The minimum Gasteiger partial charge on any atom is -0.188 e. The van der Waals surface area contributed by atoms with Gasteiger partial charge in [-0.1, -0.05) is 41.7 Å². The van der Waals surface area contributed by atoms with Gasteiger partial charge < -0.3 is 0 Å². The number of fused-ring (bicyclic) bond motifs is 1. The van der Waals surface area contributed by atoms with Crippen molar-refractivity contribution in [1.29, 1.82) is 0 Å². The van der Waals surface area contributed by atoms with Crippen LogP contribution in [0.5, 0.6) is 0 Å². The Morgan fingerprint density at radius 3 is 2.71 bits per heavy atom. The number of benzene rings is 1. The maximum Gasteiger partial charge on any atom is 0.234 e. The third kappa shape index (κ3) is 2.06. The highest BCUT2D eigenvalue weighted by atomic mass is 32.1. The molecule has 0 saturated carbocycles. The van der Waals surface area contributed by atoms with Gasteiger partial charge in [0.1, 0.15) is 5.01 Å². The molecule has 1 aromatic carbocycles. The summed E-state index contributed by atoms with van der Waals surface area (Å²) < 4.78 is 1.81. The molecule has 5 heteroatoms. The molecule has 0 saturated heterocycles. The molecule has 2 aromatic heterocycles. The number of hydrogen-bond donors (Lipinski definition) is 0. The molecule has 4 nitrogen and oxygen atoms in total. The van der Waals surface area contributed by atoms with E-state index in [0.717, 1.165) is 28.6 Å². The second kappa shape index (κ2) is 4.25. The zero-order valence-corrected chi connectivity index (χ0v) is 10.3. The topological polar surface area (TPSA) is 43.1 Å². The Labute approximate surface area is 103 Å². The fourth-order valence-electron chi connectivity index (χ4n) is 1.75. The van der Waals surface area contributed by atoms with Crippen LogP contribution in [0, 0.1) is 6.92 Å². The Hall–Kier alpha value is -1.75. The molecule has 0 atom stereocenters. The second-order valence-corrected chi connectivity index (χ2v) is 4.96. The fourth-order valence-corrected chi connectivity index (χ4v) is 2.63. The van der Waals surface area contributed by atoms with Gasteiger partial charge in [0.2, 0.25) is 4.96 Å². The lowest BCUT2D eigenvalue weighted by molar-refractivity contribution is 0.833. The Morgan fingerprint density at radius 2 is 1.94 bits per heavy atom. The van der Waals surface area contributed by atoms with E-state index in [1.807, 2.05) is 17.5 Å². The van der Waals surface area contributed by atoms with Crippen molar-refractivity contribution >= 4 is 16.3 Å². The van der Waals surface area contributed by atoms with E-state index in [0.29, 0.717) is 0 Å². The van der Waals surface area contributed by atoms with Crippen LogP contribution in [0.1, 0.15) is 16.4 Å². The molecule has 0 bridgehead atoms. The van der Waals surface area contributed by atoms with Crippen molar-refractivity contribution in [1.82, 2.24) is 19.8 Å². The van der Waals surface area contributed by atoms with Gasteiger partial charge in [0.15, 0.2) is 5.82 Å². The molecular weight excluding hydrogens is 232 g/mol. The first-order valence-corrected chi connectivity index (χ1v) is 6.36. The van der Waals surface area contributed by atoms with Gasteiger partial charge in [-0.05, 0) is 18.9 Å². The van der Waals surface area contributed by atoms with Crippen LogP contribution in [0.2, 0.25) is 0 Å². The molecule has 3 aromatic rings. The zero-order valence-electron chi connectivity index (χ0n) is 9.50. The quantitative estimate of drug-likeness (QED) is 0.710. The smallest absolute Gasteiger partial charge is 0.188 e. The summed E-state index contributed by atoms with van der Waals surface area (Å²) in [6.45, 7) is 1.92. The molecule has 3 rings (SSSR count). The van der Waals surface area contributed by atoms with Crippen LogP contribution in [0.4, 0.5) is 0 Å². The highest BCUT2D eigenvalue weighted by Crippen LogP contribution is 2.15. The van der Waals surface area contributed by atoms with Gasteiger partial charge in [-0.25, -0.2) is 0 Å². The monoisotopic (exact) mass is 244 g/mol. The van der Waals surface area contributed by atoms with E-state index in [1.54, 1.807) is 11.3 Å². The van der Waals surface area contributed by atoms with E-state index in [2.05, 4.69) is 39.6 Å². The van der Waals surface area contributed by atoms with E-state index in [-0.39, 0.29) is 0 Å². The average molecular weight is 244 g/mol. The van der Waals surface area contributed by atoms with Gasteiger partial charge in [0, 0.05) is 6.42 Å². The Kier molecular flexibility index (Phi) is 2.60. The van der Waals surface area contributed by atoms with Crippen LogP contribution >= 0.6 is 11.3 Å². The molecule has 0 aliphatic rings. The van der Waals surface area contributed by atoms with Gasteiger partial charge in [0.05, 0.1) is 0 Å². The zero-order chi connectivity index (χ0) is 11.7. The Bertz CT molecular complexity index is 626. The Balaban J connectivity index is 1.77. The first kappa shape index (κ1) is 10.4. The highest BCUT2D eigenvalue weighted by Gasteiger charge is 2.08. The minimum absolute atomic E-state index is 0.849. The van der Waals surface area contributed by atoms with Gasteiger partial charge in [-0.15, -0.1) is 10.2 Å². The fraction of sp³-hybridized carbons (Fsp3) is 0.250. The maximum atomic E-state index is 4.50. The second-order valence-electron chi connectivity index (χ2n) is 3.92. The maximum absolute atomic E-state index is 4.50. The van der Waals surface area contributed by atoms with E-state index in [4.69, 9.17) is 0 Å². The van der Waals surface area contributed by atoms with Gasteiger partial charge in [-0.3, -0.25) is 0 Å². The van der Waals surface area contributed by atoms with Crippen LogP contribution in [0.25, 0.3) is 4.96 Å². The normalized spacial score (nSPS) is 11.1. The van der Waals surface area contributed by atoms with Crippen LogP contribution in [0.3, 0.4) is 0 Å². The number of hydrogen-bond acceptors (Lipinski definition) is 4. The predicted octanol–water partition coefficient (Wildman–Crippen LogP) is 2.28. The lowest BCUT2D eigenvalue weighted by Crippen LogP contribution is -1.94. The van der Waals surface area contributed by atoms with Crippen LogP contribution in [-0.2, 0) is 12.8 Å². The van der Waals surface area contributed by atoms with Crippen molar-refractivity contribution in [3.05, 3.63) is 46.7 Å². The van der Waals surface area contributed by atoms with Crippen molar-refractivity contribution in [3.63, 3.8) is 0 Å². The summed E-state index contributed by atoms with van der Waals surface area (Å²) in [6.07, 6.45) is 1.97. The van der Waals surface area contributed by atoms with Crippen LogP contribution < -0.4 is 0 Å². The molecular formula is C12H12N4S. The number of rotatable bonds is 3. The van der Waals surface area contributed by atoms with Crippen molar-refractivity contribution in [3.8, 4) is 0 Å². The van der Waals surface area contributed by atoms with Gasteiger partial charge >= 0.3 is 0 Å².